The molecule has 3 aromatic rings. The quantitative estimate of drug-likeness (QED) is 0.679. The van der Waals surface area contributed by atoms with Crippen LogP contribution >= 0.6 is 0 Å². The molecule has 2 aromatic heterocycles. The Hall–Kier alpha value is -3.62. The molecule has 2 aliphatic rings. The number of nitrogens with zero attached hydrogens (tertiary/aromatic N) is 5. The summed E-state index contributed by atoms with van der Waals surface area (Å²) >= 11 is 0. The Balaban J connectivity index is 1.24. The molecule has 1 aromatic carbocycles. The number of amides is 2. The third-order valence-electron chi connectivity index (χ3n) is 6.26. The molecule has 0 aliphatic carbocycles. The van der Waals surface area contributed by atoms with Crippen molar-refractivity contribution < 1.29 is 14.3 Å². The van der Waals surface area contributed by atoms with Crippen molar-refractivity contribution in [1.29, 1.82) is 0 Å². The van der Waals surface area contributed by atoms with Crippen molar-refractivity contribution in [1.82, 2.24) is 29.8 Å². The summed E-state index contributed by atoms with van der Waals surface area (Å²) in [6.07, 6.45) is 4.79. The second-order valence-electron chi connectivity index (χ2n) is 8.14. The second-order valence-corrected chi connectivity index (χ2v) is 8.14. The third-order valence-corrected chi connectivity index (χ3v) is 6.26. The number of methoxy groups -OCH3 is 1. The van der Waals surface area contributed by atoms with Gasteiger partial charge in [-0.1, -0.05) is 12.1 Å². The molecule has 0 atom stereocenters. The van der Waals surface area contributed by atoms with Crippen molar-refractivity contribution in [3.05, 3.63) is 53.5 Å². The summed E-state index contributed by atoms with van der Waals surface area (Å²) in [7, 11) is 1.61. The fourth-order valence-electron chi connectivity index (χ4n) is 4.48. The van der Waals surface area contributed by atoms with Gasteiger partial charge in [0.1, 0.15) is 11.4 Å². The van der Waals surface area contributed by atoms with Crippen LogP contribution in [0.25, 0.3) is 11.3 Å². The predicted octanol–water partition coefficient (Wildman–Crippen LogP) is 2.22. The van der Waals surface area contributed by atoms with E-state index in [1.807, 2.05) is 33.8 Å². The van der Waals surface area contributed by atoms with Crippen LogP contribution in [-0.4, -0.2) is 74.9 Å². The number of fused-ring (bicyclic) bond motifs is 1. The molecule has 9 heteroatoms. The van der Waals surface area contributed by atoms with Crippen molar-refractivity contribution in [3.63, 3.8) is 0 Å². The fraction of sp³-hybridized carbons (Fsp3) is 0.391. The van der Waals surface area contributed by atoms with E-state index in [1.165, 1.54) is 0 Å². The van der Waals surface area contributed by atoms with Gasteiger partial charge in [-0.25, -0.2) is 0 Å². The zero-order valence-electron chi connectivity index (χ0n) is 18.1. The molecule has 2 aliphatic heterocycles. The van der Waals surface area contributed by atoms with Gasteiger partial charge in [0.05, 0.1) is 30.3 Å². The van der Waals surface area contributed by atoms with Gasteiger partial charge >= 0.3 is 0 Å². The summed E-state index contributed by atoms with van der Waals surface area (Å²) in [5.74, 6) is 0.599. The maximum atomic E-state index is 13.0. The van der Waals surface area contributed by atoms with E-state index >= 15 is 0 Å². The molecular formula is C23H26N6O3. The van der Waals surface area contributed by atoms with Gasteiger partial charge in [-0.3, -0.25) is 19.4 Å². The SMILES string of the molecule is COc1ccccc1-c1cc(C(=O)N2CCN(C(=O)c3cnn4c3CCCC4)CC2)[nH]n1. The number of ether oxygens (including phenoxy) is 1. The van der Waals surface area contributed by atoms with Crippen LogP contribution in [0, 0.1) is 0 Å². The molecule has 4 heterocycles. The van der Waals surface area contributed by atoms with Crippen LogP contribution in [0.15, 0.2) is 36.5 Å². The number of hydrogen-bond donors (Lipinski definition) is 1. The number of piperazine rings is 1. The van der Waals surface area contributed by atoms with Gasteiger partial charge in [-0.2, -0.15) is 10.2 Å². The van der Waals surface area contributed by atoms with Gasteiger partial charge in [-0.15, -0.1) is 0 Å². The Bertz CT molecular complexity index is 1140. The highest BCUT2D eigenvalue weighted by Gasteiger charge is 2.29. The molecule has 0 spiro atoms. The molecule has 0 radical (unpaired) electrons. The van der Waals surface area contributed by atoms with E-state index in [0.717, 1.165) is 37.1 Å². The first-order chi connectivity index (χ1) is 15.7. The maximum absolute atomic E-state index is 13.0. The monoisotopic (exact) mass is 434 g/mol. The minimum atomic E-state index is -0.117. The van der Waals surface area contributed by atoms with Gasteiger partial charge < -0.3 is 14.5 Å². The predicted molar refractivity (Wildman–Crippen MR) is 118 cm³/mol. The molecule has 0 saturated carbocycles. The number of carbonyl (C=O) groups excluding carboxylic acids is 2. The Morgan fingerprint density at radius 3 is 2.53 bits per heavy atom. The Labute approximate surface area is 186 Å². The molecule has 9 nitrogen and oxygen atoms in total. The lowest BCUT2D eigenvalue weighted by atomic mass is 10.1. The number of aromatic nitrogens is 4. The Morgan fingerprint density at radius 2 is 1.75 bits per heavy atom. The number of rotatable bonds is 4. The van der Waals surface area contributed by atoms with Crippen LogP contribution in [0.1, 0.15) is 39.4 Å². The zero-order valence-corrected chi connectivity index (χ0v) is 18.1. The number of para-hydroxylation sites is 1. The Kier molecular flexibility index (Phi) is 5.38. The average molecular weight is 435 g/mol. The molecule has 5 rings (SSSR count). The minimum absolute atomic E-state index is 0.0141. The number of carbonyl (C=O) groups is 2. The van der Waals surface area contributed by atoms with Gasteiger partial charge in [0.2, 0.25) is 0 Å². The van der Waals surface area contributed by atoms with E-state index in [0.29, 0.717) is 48.9 Å². The first-order valence-corrected chi connectivity index (χ1v) is 11.0. The topological polar surface area (TPSA) is 96.4 Å². The van der Waals surface area contributed by atoms with Gasteiger partial charge in [-0.05, 0) is 37.5 Å². The molecule has 1 fully saturated rings. The normalized spacial score (nSPS) is 16.0. The Morgan fingerprint density at radius 1 is 1.00 bits per heavy atom. The van der Waals surface area contributed by atoms with Crippen LogP contribution in [0.4, 0.5) is 0 Å². The largest absolute Gasteiger partial charge is 0.496 e. The average Bonchev–Trinajstić information content (AvgIpc) is 3.51. The minimum Gasteiger partial charge on any atom is -0.496 e. The highest BCUT2D eigenvalue weighted by atomic mass is 16.5. The maximum Gasteiger partial charge on any atom is 0.272 e. The zero-order chi connectivity index (χ0) is 22.1. The number of hydrogen-bond acceptors (Lipinski definition) is 5. The standard InChI is InChI=1S/C23H26N6O3/c1-32-21-8-3-2-6-16(21)18-14-19(26-25-18)23(31)28-12-10-27(11-13-28)22(30)17-15-24-29-9-5-4-7-20(17)29/h2-3,6,8,14-15H,4-5,7,9-13H2,1H3,(H,25,26). The molecular weight excluding hydrogens is 408 g/mol. The number of nitrogens with one attached hydrogen (secondary N) is 1. The van der Waals surface area contributed by atoms with Crippen LogP contribution in [0.3, 0.4) is 0 Å². The molecule has 1 saturated heterocycles. The number of aromatic amines is 1. The first-order valence-electron chi connectivity index (χ1n) is 11.0. The van der Waals surface area contributed by atoms with Crippen molar-refractivity contribution >= 4 is 11.8 Å². The molecule has 32 heavy (non-hydrogen) atoms. The fourth-order valence-corrected chi connectivity index (χ4v) is 4.48. The number of aryl methyl sites for hydroxylation is 1. The lowest BCUT2D eigenvalue weighted by Crippen LogP contribution is -2.50. The molecule has 2 amide bonds. The van der Waals surface area contributed by atoms with Crippen molar-refractivity contribution in [2.24, 2.45) is 0 Å². The third kappa shape index (κ3) is 3.63. The highest BCUT2D eigenvalue weighted by Crippen LogP contribution is 2.28. The summed E-state index contributed by atoms with van der Waals surface area (Å²) in [5.41, 5.74) is 3.66. The van der Waals surface area contributed by atoms with Gasteiger partial charge in [0.15, 0.2) is 0 Å². The summed E-state index contributed by atoms with van der Waals surface area (Å²) < 4.78 is 7.35. The van der Waals surface area contributed by atoms with E-state index in [1.54, 1.807) is 24.3 Å². The lowest BCUT2D eigenvalue weighted by Gasteiger charge is -2.34. The van der Waals surface area contributed by atoms with Crippen molar-refractivity contribution in [2.45, 2.75) is 25.8 Å². The summed E-state index contributed by atoms with van der Waals surface area (Å²) in [6.45, 7) is 2.85. The van der Waals surface area contributed by atoms with E-state index in [2.05, 4.69) is 15.3 Å². The second kappa shape index (κ2) is 8.49. The van der Waals surface area contributed by atoms with E-state index in [9.17, 15) is 9.59 Å². The summed E-state index contributed by atoms with van der Waals surface area (Å²) in [5, 5.41) is 11.5. The lowest BCUT2D eigenvalue weighted by molar-refractivity contribution is 0.0531. The molecule has 0 unspecified atom stereocenters. The molecule has 0 bridgehead atoms. The van der Waals surface area contributed by atoms with E-state index < -0.39 is 0 Å². The van der Waals surface area contributed by atoms with Gasteiger partial charge in [0.25, 0.3) is 11.8 Å². The first kappa shape index (κ1) is 20.3. The van der Waals surface area contributed by atoms with Gasteiger partial charge in [0, 0.05) is 38.3 Å². The molecule has 166 valence electrons. The van der Waals surface area contributed by atoms with Crippen molar-refractivity contribution in [2.75, 3.05) is 33.3 Å². The number of benzene rings is 1. The number of H-pyrrole nitrogens is 1. The van der Waals surface area contributed by atoms with Crippen LogP contribution < -0.4 is 4.74 Å². The van der Waals surface area contributed by atoms with E-state index in [4.69, 9.17) is 4.74 Å². The van der Waals surface area contributed by atoms with Crippen molar-refractivity contribution in [3.8, 4) is 17.0 Å². The van der Waals surface area contributed by atoms with Crippen LogP contribution in [0.5, 0.6) is 5.75 Å². The van der Waals surface area contributed by atoms with Crippen LogP contribution in [-0.2, 0) is 13.0 Å². The van der Waals surface area contributed by atoms with Crippen LogP contribution in [0.2, 0.25) is 0 Å². The highest BCUT2D eigenvalue weighted by molar-refractivity contribution is 5.96. The summed E-state index contributed by atoms with van der Waals surface area (Å²) in [6, 6.07) is 9.31. The van der Waals surface area contributed by atoms with E-state index in [-0.39, 0.29) is 11.8 Å². The smallest absolute Gasteiger partial charge is 0.272 e. The summed E-state index contributed by atoms with van der Waals surface area (Å²) in [4.78, 5) is 29.6. The molecule has 1 N–H and O–H groups in total.